The molecule has 1 N–H and O–H groups in total. The van der Waals surface area contributed by atoms with Gasteiger partial charge in [-0.25, -0.2) is 4.39 Å². The Balaban J connectivity index is 1.75. The summed E-state index contributed by atoms with van der Waals surface area (Å²) in [4.78, 5) is 0. The van der Waals surface area contributed by atoms with Gasteiger partial charge in [0.1, 0.15) is 0 Å². The number of phenols is 1. The topological polar surface area (TPSA) is 29.5 Å². The zero-order valence-corrected chi connectivity index (χ0v) is 11.9. The van der Waals surface area contributed by atoms with Gasteiger partial charge in [-0.05, 0) is 43.0 Å². The SMILES string of the molecule is Oc1ccc(CCCC[Si]2CCCCO2)c(F)c1F. The summed E-state index contributed by atoms with van der Waals surface area (Å²) in [5, 5.41) is 9.04. The molecule has 105 valence electrons. The molecule has 5 heteroatoms. The predicted octanol–water partition coefficient (Wildman–Crippen LogP) is 3.80. The van der Waals surface area contributed by atoms with Crippen LogP contribution in [0.1, 0.15) is 31.2 Å². The second-order valence-electron chi connectivity index (χ2n) is 4.92. The molecule has 1 aromatic rings. The van der Waals surface area contributed by atoms with Crippen molar-refractivity contribution in [2.24, 2.45) is 0 Å². The molecule has 0 aromatic heterocycles. The number of hydrogen-bond donors (Lipinski definition) is 1. The molecule has 0 amide bonds. The molecule has 1 heterocycles. The molecule has 0 saturated carbocycles. The van der Waals surface area contributed by atoms with E-state index in [0.717, 1.165) is 25.5 Å². The Morgan fingerprint density at radius 2 is 2.00 bits per heavy atom. The van der Waals surface area contributed by atoms with Crippen LogP contribution in [0, 0.1) is 11.6 Å². The maximum atomic E-state index is 13.5. The van der Waals surface area contributed by atoms with Crippen molar-refractivity contribution >= 4 is 9.04 Å². The quantitative estimate of drug-likeness (QED) is 0.659. The number of aryl methyl sites for hydroxylation is 1. The Labute approximate surface area is 114 Å². The van der Waals surface area contributed by atoms with Crippen LogP contribution in [0.2, 0.25) is 12.1 Å². The van der Waals surface area contributed by atoms with Crippen LogP contribution < -0.4 is 0 Å². The summed E-state index contributed by atoms with van der Waals surface area (Å²) in [5.74, 6) is -2.68. The number of benzene rings is 1. The Morgan fingerprint density at radius 3 is 2.74 bits per heavy atom. The van der Waals surface area contributed by atoms with E-state index in [4.69, 9.17) is 9.53 Å². The molecule has 0 spiro atoms. The Hall–Kier alpha value is -0.943. The van der Waals surface area contributed by atoms with Crippen LogP contribution >= 0.6 is 0 Å². The molecule has 2 nitrogen and oxygen atoms in total. The van der Waals surface area contributed by atoms with E-state index in [1.54, 1.807) is 0 Å². The fraction of sp³-hybridized carbons (Fsp3) is 0.571. The van der Waals surface area contributed by atoms with Crippen molar-refractivity contribution in [2.45, 2.75) is 44.2 Å². The molecule has 2 rings (SSSR count). The van der Waals surface area contributed by atoms with Gasteiger partial charge in [0.05, 0.1) is 0 Å². The maximum absolute atomic E-state index is 13.5. The average Bonchev–Trinajstić information content (AvgIpc) is 2.44. The monoisotopic (exact) mass is 285 g/mol. The number of aromatic hydroxyl groups is 1. The lowest BCUT2D eigenvalue weighted by Gasteiger charge is -2.20. The van der Waals surface area contributed by atoms with Gasteiger partial charge in [-0.1, -0.05) is 18.9 Å². The van der Waals surface area contributed by atoms with Crippen molar-refractivity contribution in [3.05, 3.63) is 29.3 Å². The number of halogens is 2. The average molecular weight is 285 g/mol. The van der Waals surface area contributed by atoms with E-state index in [1.165, 1.54) is 31.0 Å². The summed E-state index contributed by atoms with van der Waals surface area (Å²) in [6.07, 6.45) is 4.78. The number of hydrogen-bond acceptors (Lipinski definition) is 2. The largest absolute Gasteiger partial charge is 0.505 e. The van der Waals surface area contributed by atoms with Crippen molar-refractivity contribution in [1.82, 2.24) is 0 Å². The Morgan fingerprint density at radius 1 is 1.16 bits per heavy atom. The van der Waals surface area contributed by atoms with Crippen LogP contribution in [-0.4, -0.2) is 20.8 Å². The van der Waals surface area contributed by atoms with Crippen LogP contribution in [0.3, 0.4) is 0 Å². The summed E-state index contributed by atoms with van der Waals surface area (Å²) >= 11 is 0. The van der Waals surface area contributed by atoms with Gasteiger partial charge in [-0.15, -0.1) is 0 Å². The van der Waals surface area contributed by atoms with E-state index >= 15 is 0 Å². The van der Waals surface area contributed by atoms with Crippen molar-refractivity contribution in [2.75, 3.05) is 6.61 Å². The van der Waals surface area contributed by atoms with Gasteiger partial charge in [-0.3, -0.25) is 0 Å². The molecular formula is C14H19F2O2Si. The lowest BCUT2D eigenvalue weighted by molar-refractivity contribution is 0.285. The van der Waals surface area contributed by atoms with E-state index in [2.05, 4.69) is 0 Å². The molecule has 1 aliphatic heterocycles. The van der Waals surface area contributed by atoms with E-state index in [-0.39, 0.29) is 0 Å². The van der Waals surface area contributed by atoms with Crippen LogP contribution in [0.15, 0.2) is 12.1 Å². The Bertz CT molecular complexity index is 420. The first-order valence-corrected chi connectivity index (χ1v) is 8.64. The highest BCUT2D eigenvalue weighted by molar-refractivity contribution is 6.51. The van der Waals surface area contributed by atoms with Gasteiger partial charge in [0, 0.05) is 6.61 Å². The van der Waals surface area contributed by atoms with Gasteiger partial charge in [-0.2, -0.15) is 4.39 Å². The van der Waals surface area contributed by atoms with Gasteiger partial charge < -0.3 is 9.53 Å². The third kappa shape index (κ3) is 4.01. The highest BCUT2D eigenvalue weighted by Gasteiger charge is 2.17. The van der Waals surface area contributed by atoms with E-state index in [9.17, 15) is 8.78 Å². The highest BCUT2D eigenvalue weighted by atomic mass is 28.3. The fourth-order valence-electron chi connectivity index (χ4n) is 2.32. The summed E-state index contributed by atoms with van der Waals surface area (Å²) in [7, 11) is -0.634. The van der Waals surface area contributed by atoms with Crippen LogP contribution in [-0.2, 0) is 10.8 Å². The molecule has 0 aliphatic carbocycles. The van der Waals surface area contributed by atoms with Gasteiger partial charge in [0.25, 0.3) is 0 Å². The first-order valence-electron chi connectivity index (χ1n) is 6.82. The first-order chi connectivity index (χ1) is 9.18. The summed E-state index contributed by atoms with van der Waals surface area (Å²) < 4.78 is 32.4. The molecule has 0 atom stereocenters. The third-order valence-electron chi connectivity index (χ3n) is 3.45. The molecule has 1 aliphatic rings. The zero-order valence-electron chi connectivity index (χ0n) is 10.9. The predicted molar refractivity (Wildman–Crippen MR) is 71.5 cm³/mol. The zero-order chi connectivity index (χ0) is 13.7. The summed E-state index contributed by atoms with van der Waals surface area (Å²) in [6, 6.07) is 4.98. The molecule has 0 unspecified atom stereocenters. The smallest absolute Gasteiger partial charge is 0.211 e. The van der Waals surface area contributed by atoms with Gasteiger partial charge in [0.2, 0.25) is 14.9 Å². The van der Waals surface area contributed by atoms with Gasteiger partial charge in [0.15, 0.2) is 11.6 Å². The fourth-order valence-corrected chi connectivity index (χ4v) is 4.58. The number of rotatable bonds is 5. The lowest BCUT2D eigenvalue weighted by Crippen LogP contribution is -2.22. The van der Waals surface area contributed by atoms with E-state index < -0.39 is 26.4 Å². The van der Waals surface area contributed by atoms with Crippen LogP contribution in [0.25, 0.3) is 0 Å². The Kier molecular flexibility index (Phi) is 5.33. The molecule has 19 heavy (non-hydrogen) atoms. The first kappa shape index (κ1) is 14.5. The lowest BCUT2D eigenvalue weighted by atomic mass is 10.1. The van der Waals surface area contributed by atoms with Crippen molar-refractivity contribution < 1.29 is 18.3 Å². The molecule has 1 aromatic carbocycles. The van der Waals surface area contributed by atoms with Crippen LogP contribution in [0.5, 0.6) is 5.75 Å². The molecular weight excluding hydrogens is 266 g/mol. The van der Waals surface area contributed by atoms with E-state index in [0.29, 0.717) is 12.0 Å². The second kappa shape index (κ2) is 7.00. The normalized spacial score (nSPS) is 16.7. The number of phenolic OH excluding ortho intramolecular Hbond substituents is 1. The minimum absolute atomic E-state index is 0.345. The molecule has 1 fully saturated rings. The standard InChI is InChI=1S/C14H19F2O2Si/c15-13-11(6-7-12(17)14(13)16)5-1-3-9-19-10-4-2-8-18-19/h6-7,17H,1-5,8-10H2. The van der Waals surface area contributed by atoms with Crippen LogP contribution in [0.4, 0.5) is 8.78 Å². The van der Waals surface area contributed by atoms with E-state index in [1.807, 2.05) is 0 Å². The third-order valence-corrected chi connectivity index (χ3v) is 5.88. The van der Waals surface area contributed by atoms with Crippen molar-refractivity contribution in [3.8, 4) is 5.75 Å². The maximum Gasteiger partial charge on any atom is 0.211 e. The minimum Gasteiger partial charge on any atom is -0.505 e. The highest BCUT2D eigenvalue weighted by Crippen LogP contribution is 2.23. The summed E-state index contributed by atoms with van der Waals surface area (Å²) in [5.41, 5.74) is 0.345. The minimum atomic E-state index is -1.14. The number of unbranched alkanes of at least 4 members (excludes halogenated alkanes) is 1. The molecule has 0 bridgehead atoms. The van der Waals surface area contributed by atoms with Crippen molar-refractivity contribution in [3.63, 3.8) is 0 Å². The second-order valence-corrected chi connectivity index (χ2v) is 7.29. The van der Waals surface area contributed by atoms with Gasteiger partial charge >= 0.3 is 0 Å². The van der Waals surface area contributed by atoms with Crippen molar-refractivity contribution in [1.29, 1.82) is 0 Å². The summed E-state index contributed by atoms with van der Waals surface area (Å²) in [6.45, 7) is 0.895. The molecule has 1 saturated heterocycles. The molecule has 1 radical (unpaired) electrons.